The van der Waals surface area contributed by atoms with Crippen molar-refractivity contribution in [3.8, 4) is 0 Å². The molecule has 0 heterocycles. The third-order valence-electron chi connectivity index (χ3n) is 1.93. The molecule has 0 saturated carbocycles. The van der Waals surface area contributed by atoms with Crippen LogP contribution in [0.25, 0.3) is 0 Å². The normalized spacial score (nSPS) is 13.4. The number of carbonyl (C=O) groups is 3. The molecule has 8 heteroatoms. The van der Waals surface area contributed by atoms with Gasteiger partial charge in [-0.2, -0.15) is 0 Å². The van der Waals surface area contributed by atoms with Gasteiger partial charge >= 0.3 is 18.0 Å². The topological polar surface area (TPSA) is 125 Å². The van der Waals surface area contributed by atoms with Crippen molar-refractivity contribution >= 4 is 18.0 Å². The van der Waals surface area contributed by atoms with E-state index in [4.69, 9.17) is 14.9 Å². The highest BCUT2D eigenvalue weighted by Gasteiger charge is 2.23. The van der Waals surface area contributed by atoms with Crippen molar-refractivity contribution < 1.29 is 29.3 Å². The number of urea groups is 1. The number of hydrogen-bond donors (Lipinski definition) is 4. The van der Waals surface area contributed by atoms with Crippen molar-refractivity contribution in [2.24, 2.45) is 0 Å². The first kappa shape index (κ1) is 16.2. The molecule has 2 unspecified atom stereocenters. The summed E-state index contributed by atoms with van der Waals surface area (Å²) in [5, 5.41) is 21.7. The Labute approximate surface area is 104 Å². The number of carbonyl (C=O) groups excluding carboxylic acids is 1. The second-order valence-corrected chi connectivity index (χ2v) is 3.67. The van der Waals surface area contributed by atoms with Gasteiger partial charge in [-0.05, 0) is 13.8 Å². The van der Waals surface area contributed by atoms with Crippen molar-refractivity contribution in [1.82, 2.24) is 10.6 Å². The predicted molar refractivity (Wildman–Crippen MR) is 61.3 cm³/mol. The highest BCUT2D eigenvalue weighted by atomic mass is 16.5. The molecule has 0 saturated heterocycles. The highest BCUT2D eigenvalue weighted by Crippen LogP contribution is 1.93. The van der Waals surface area contributed by atoms with Crippen LogP contribution >= 0.6 is 0 Å². The average molecular weight is 262 g/mol. The van der Waals surface area contributed by atoms with E-state index in [0.717, 1.165) is 0 Å². The largest absolute Gasteiger partial charge is 0.481 e. The van der Waals surface area contributed by atoms with Crippen LogP contribution in [0.15, 0.2) is 0 Å². The minimum Gasteiger partial charge on any atom is -0.481 e. The minimum atomic E-state index is -1.46. The summed E-state index contributed by atoms with van der Waals surface area (Å²) in [5.41, 5.74) is 0. The maximum absolute atomic E-state index is 11.4. The van der Waals surface area contributed by atoms with Crippen LogP contribution in [-0.2, 0) is 14.3 Å². The summed E-state index contributed by atoms with van der Waals surface area (Å²) in [5.74, 6) is -2.70. The summed E-state index contributed by atoms with van der Waals surface area (Å²) in [6, 6.07) is -2.50. The van der Waals surface area contributed by atoms with Gasteiger partial charge in [-0.15, -0.1) is 0 Å². The van der Waals surface area contributed by atoms with Crippen molar-refractivity contribution in [3.63, 3.8) is 0 Å². The molecule has 8 nitrogen and oxygen atoms in total. The fourth-order valence-electron chi connectivity index (χ4n) is 1.13. The number of ether oxygens (including phenoxy) is 1. The molecule has 0 fully saturated rings. The van der Waals surface area contributed by atoms with E-state index in [9.17, 15) is 14.4 Å². The van der Waals surface area contributed by atoms with E-state index in [-0.39, 0.29) is 6.04 Å². The quantitative estimate of drug-likeness (QED) is 0.473. The molecule has 0 bridgehead atoms. The van der Waals surface area contributed by atoms with E-state index < -0.39 is 30.4 Å². The molecular formula is C10H18N2O6. The molecule has 0 spiro atoms. The molecule has 0 rings (SSSR count). The lowest BCUT2D eigenvalue weighted by Crippen LogP contribution is -2.50. The fraction of sp³-hybridized carbons (Fsp3) is 0.700. The van der Waals surface area contributed by atoms with Crippen LogP contribution in [0, 0.1) is 0 Å². The van der Waals surface area contributed by atoms with Crippen LogP contribution in [0.4, 0.5) is 4.79 Å². The highest BCUT2D eigenvalue weighted by molar-refractivity contribution is 5.86. The first-order valence-electron chi connectivity index (χ1n) is 5.46. The summed E-state index contributed by atoms with van der Waals surface area (Å²) in [6.07, 6.45) is -0.678. The van der Waals surface area contributed by atoms with Crippen LogP contribution in [0.5, 0.6) is 0 Å². The van der Waals surface area contributed by atoms with Gasteiger partial charge in [0.05, 0.1) is 19.1 Å². The van der Waals surface area contributed by atoms with Crippen molar-refractivity contribution in [2.75, 3.05) is 13.2 Å². The van der Waals surface area contributed by atoms with Gasteiger partial charge < -0.3 is 25.6 Å². The van der Waals surface area contributed by atoms with Crippen LogP contribution in [0.1, 0.15) is 20.3 Å². The Morgan fingerprint density at radius 2 is 1.83 bits per heavy atom. The molecule has 2 atom stereocenters. The zero-order valence-electron chi connectivity index (χ0n) is 10.3. The van der Waals surface area contributed by atoms with Gasteiger partial charge in [-0.25, -0.2) is 9.59 Å². The Hall–Kier alpha value is -1.83. The first-order chi connectivity index (χ1) is 8.36. The fourth-order valence-corrected chi connectivity index (χ4v) is 1.13. The summed E-state index contributed by atoms with van der Waals surface area (Å²) in [7, 11) is 0. The van der Waals surface area contributed by atoms with E-state index in [0.29, 0.717) is 13.2 Å². The molecule has 2 amide bonds. The molecule has 18 heavy (non-hydrogen) atoms. The average Bonchev–Trinajstić information content (AvgIpc) is 2.24. The van der Waals surface area contributed by atoms with E-state index in [1.807, 2.05) is 0 Å². The Morgan fingerprint density at radius 3 is 2.28 bits per heavy atom. The van der Waals surface area contributed by atoms with Crippen molar-refractivity contribution in [3.05, 3.63) is 0 Å². The third-order valence-corrected chi connectivity index (χ3v) is 1.93. The Kier molecular flexibility index (Phi) is 7.45. The van der Waals surface area contributed by atoms with E-state index >= 15 is 0 Å². The van der Waals surface area contributed by atoms with Gasteiger partial charge in [0.2, 0.25) is 0 Å². The number of carboxylic acid groups (broad SMARTS) is 2. The number of nitrogens with one attached hydrogen (secondary N) is 2. The minimum absolute atomic E-state index is 0.292. The number of carboxylic acids is 2. The van der Waals surface area contributed by atoms with Gasteiger partial charge in [0.1, 0.15) is 6.04 Å². The van der Waals surface area contributed by atoms with Gasteiger partial charge in [0, 0.05) is 6.61 Å². The van der Waals surface area contributed by atoms with Crippen LogP contribution < -0.4 is 10.6 Å². The Balaban J connectivity index is 4.17. The van der Waals surface area contributed by atoms with E-state index in [1.54, 1.807) is 13.8 Å². The zero-order chi connectivity index (χ0) is 14.1. The molecule has 0 aliphatic rings. The monoisotopic (exact) mass is 262 g/mol. The van der Waals surface area contributed by atoms with Gasteiger partial charge in [-0.3, -0.25) is 4.79 Å². The third kappa shape index (κ3) is 7.44. The molecule has 0 aromatic rings. The van der Waals surface area contributed by atoms with Crippen LogP contribution in [0.3, 0.4) is 0 Å². The van der Waals surface area contributed by atoms with Gasteiger partial charge in [0.15, 0.2) is 0 Å². The number of amides is 2. The predicted octanol–water partition coefficient (Wildman–Crippen LogP) is -0.361. The lowest BCUT2D eigenvalue weighted by atomic mass is 10.2. The first-order valence-corrected chi connectivity index (χ1v) is 5.46. The number of hydrogen-bond acceptors (Lipinski definition) is 4. The molecule has 0 aliphatic carbocycles. The number of rotatable bonds is 8. The standard InChI is InChI=1S/C10H18N2O6/c1-3-18-5-6(2)11-10(17)12-7(9(15)16)4-8(13)14/h6-7H,3-5H2,1-2H3,(H,13,14)(H,15,16)(H2,11,12,17). The molecule has 104 valence electrons. The Bertz CT molecular complexity index is 307. The number of aliphatic carboxylic acids is 2. The smallest absolute Gasteiger partial charge is 0.326 e. The summed E-state index contributed by atoms with van der Waals surface area (Å²) < 4.78 is 5.06. The molecule has 0 aromatic heterocycles. The molecular weight excluding hydrogens is 244 g/mol. The van der Waals surface area contributed by atoms with Crippen molar-refractivity contribution in [2.45, 2.75) is 32.4 Å². The van der Waals surface area contributed by atoms with Gasteiger partial charge in [-0.1, -0.05) is 0 Å². The van der Waals surface area contributed by atoms with Crippen LogP contribution in [-0.4, -0.2) is 53.5 Å². The van der Waals surface area contributed by atoms with E-state index in [1.165, 1.54) is 0 Å². The summed E-state index contributed by atoms with van der Waals surface area (Å²) in [4.78, 5) is 32.5. The Morgan fingerprint density at radius 1 is 1.22 bits per heavy atom. The van der Waals surface area contributed by atoms with E-state index in [2.05, 4.69) is 10.6 Å². The maximum Gasteiger partial charge on any atom is 0.326 e. The molecule has 0 aliphatic heterocycles. The second kappa shape index (κ2) is 8.29. The molecule has 0 radical (unpaired) electrons. The lowest BCUT2D eigenvalue weighted by Gasteiger charge is -2.17. The van der Waals surface area contributed by atoms with Crippen LogP contribution in [0.2, 0.25) is 0 Å². The van der Waals surface area contributed by atoms with Crippen molar-refractivity contribution in [1.29, 1.82) is 0 Å². The summed E-state index contributed by atoms with van der Waals surface area (Å²) in [6.45, 7) is 4.29. The molecule has 4 N–H and O–H groups in total. The summed E-state index contributed by atoms with van der Waals surface area (Å²) >= 11 is 0. The maximum atomic E-state index is 11.4. The second-order valence-electron chi connectivity index (χ2n) is 3.67. The SMILES string of the molecule is CCOCC(C)NC(=O)NC(CC(=O)O)C(=O)O. The molecule has 0 aromatic carbocycles. The van der Waals surface area contributed by atoms with Gasteiger partial charge in [0.25, 0.3) is 0 Å². The lowest BCUT2D eigenvalue weighted by molar-refractivity contribution is -0.145. The zero-order valence-corrected chi connectivity index (χ0v) is 10.3.